The number of nitrogens with zero attached hydrogens (tertiary/aromatic N) is 2. The molecule has 0 amide bonds. The van der Waals surface area contributed by atoms with Gasteiger partial charge in [-0.1, -0.05) is 25.1 Å². The Morgan fingerprint density at radius 2 is 2.15 bits per heavy atom. The van der Waals surface area contributed by atoms with E-state index in [-0.39, 0.29) is 5.56 Å². The van der Waals surface area contributed by atoms with Crippen molar-refractivity contribution in [1.29, 1.82) is 0 Å². The molecular weight excluding hydrogens is 258 g/mol. The molecule has 6 nitrogen and oxygen atoms in total. The van der Waals surface area contributed by atoms with Gasteiger partial charge in [0.25, 0.3) is 5.56 Å². The average molecular weight is 271 g/mol. The van der Waals surface area contributed by atoms with Gasteiger partial charge < -0.3 is 9.67 Å². The summed E-state index contributed by atoms with van der Waals surface area (Å²) in [7, 11) is 0. The van der Waals surface area contributed by atoms with Crippen LogP contribution in [0.4, 0.5) is 0 Å². The Kier molecular flexibility index (Phi) is 2.78. The van der Waals surface area contributed by atoms with Crippen LogP contribution in [-0.4, -0.2) is 25.8 Å². The first-order valence-electron chi connectivity index (χ1n) is 6.34. The van der Waals surface area contributed by atoms with Gasteiger partial charge in [0.1, 0.15) is 11.6 Å². The summed E-state index contributed by atoms with van der Waals surface area (Å²) in [5.41, 5.74) is 0.712. The molecule has 0 fully saturated rings. The van der Waals surface area contributed by atoms with Crippen LogP contribution in [0.1, 0.15) is 19.4 Å². The van der Waals surface area contributed by atoms with E-state index >= 15 is 0 Å². The molecule has 0 radical (unpaired) electrons. The van der Waals surface area contributed by atoms with Gasteiger partial charge >= 0.3 is 5.97 Å². The fourth-order valence-electron chi connectivity index (χ4n) is 2.65. The van der Waals surface area contributed by atoms with Crippen LogP contribution in [0.3, 0.4) is 0 Å². The highest BCUT2D eigenvalue weighted by Gasteiger charge is 2.24. The summed E-state index contributed by atoms with van der Waals surface area (Å²) in [5, 5.41) is 17.1. The number of carbonyl (C=O) groups is 1. The van der Waals surface area contributed by atoms with Gasteiger partial charge in [-0.2, -0.15) is 5.10 Å². The van der Waals surface area contributed by atoms with Crippen LogP contribution in [0.15, 0.2) is 35.3 Å². The van der Waals surface area contributed by atoms with Gasteiger partial charge in [0, 0.05) is 10.8 Å². The maximum absolute atomic E-state index is 12.1. The third-order valence-corrected chi connectivity index (χ3v) is 3.51. The molecule has 0 saturated heterocycles. The molecule has 3 rings (SSSR count). The van der Waals surface area contributed by atoms with Crippen LogP contribution in [0.25, 0.3) is 21.8 Å². The highest BCUT2D eigenvalue weighted by molar-refractivity contribution is 6.08. The molecule has 2 aromatic heterocycles. The van der Waals surface area contributed by atoms with E-state index in [1.54, 1.807) is 17.7 Å². The number of aromatic nitrogens is 3. The second kappa shape index (κ2) is 4.48. The van der Waals surface area contributed by atoms with Crippen LogP contribution in [0.2, 0.25) is 0 Å². The topological polar surface area (TPSA) is 88.0 Å². The number of aromatic amines is 1. The Morgan fingerprint density at radius 3 is 2.85 bits per heavy atom. The van der Waals surface area contributed by atoms with Crippen molar-refractivity contribution in [1.82, 2.24) is 14.8 Å². The largest absolute Gasteiger partial charge is 0.480 e. The number of H-pyrrole nitrogens is 1. The molecule has 0 unspecified atom stereocenters. The van der Waals surface area contributed by atoms with Crippen molar-refractivity contribution >= 4 is 27.8 Å². The van der Waals surface area contributed by atoms with Crippen molar-refractivity contribution < 1.29 is 9.90 Å². The van der Waals surface area contributed by atoms with E-state index in [1.165, 1.54) is 0 Å². The molecule has 0 spiro atoms. The highest BCUT2D eigenvalue weighted by Crippen LogP contribution is 2.30. The minimum absolute atomic E-state index is 0.357. The number of benzene rings is 1. The van der Waals surface area contributed by atoms with Gasteiger partial charge in [0.15, 0.2) is 0 Å². The molecule has 0 bridgehead atoms. The molecular formula is C14H13N3O3. The van der Waals surface area contributed by atoms with Crippen molar-refractivity contribution in [2.45, 2.75) is 19.4 Å². The Morgan fingerprint density at radius 1 is 1.40 bits per heavy atom. The lowest BCUT2D eigenvalue weighted by Crippen LogP contribution is -2.21. The highest BCUT2D eigenvalue weighted by atomic mass is 16.4. The predicted molar refractivity (Wildman–Crippen MR) is 74.8 cm³/mol. The number of para-hydroxylation sites is 1. The minimum atomic E-state index is -0.952. The summed E-state index contributed by atoms with van der Waals surface area (Å²) in [5.74, 6) is -0.952. The molecule has 1 aromatic carbocycles. The second-order valence-corrected chi connectivity index (χ2v) is 4.61. The lowest BCUT2D eigenvalue weighted by Gasteiger charge is -2.14. The Bertz CT molecular complexity index is 863. The number of aliphatic carboxylic acids is 1. The van der Waals surface area contributed by atoms with Gasteiger partial charge in [-0.3, -0.25) is 4.79 Å². The van der Waals surface area contributed by atoms with E-state index in [4.69, 9.17) is 0 Å². The zero-order valence-electron chi connectivity index (χ0n) is 10.8. The first-order valence-corrected chi connectivity index (χ1v) is 6.34. The zero-order chi connectivity index (χ0) is 14.3. The molecule has 2 N–H and O–H groups in total. The number of fused-ring (bicyclic) bond motifs is 3. The van der Waals surface area contributed by atoms with Gasteiger partial charge in [-0.05, 0) is 12.5 Å². The van der Waals surface area contributed by atoms with Crippen LogP contribution < -0.4 is 5.56 Å². The van der Waals surface area contributed by atoms with Crippen molar-refractivity contribution in [3.8, 4) is 0 Å². The predicted octanol–water partition coefficient (Wildman–Crippen LogP) is 1.91. The molecule has 20 heavy (non-hydrogen) atoms. The van der Waals surface area contributed by atoms with Crippen molar-refractivity contribution in [3.05, 3.63) is 40.8 Å². The molecule has 0 aliphatic heterocycles. The van der Waals surface area contributed by atoms with E-state index in [0.29, 0.717) is 17.3 Å². The third kappa shape index (κ3) is 1.61. The zero-order valence-corrected chi connectivity index (χ0v) is 10.8. The number of carboxylic acids is 1. The smallest absolute Gasteiger partial charge is 0.326 e. The van der Waals surface area contributed by atoms with E-state index in [9.17, 15) is 14.7 Å². The summed E-state index contributed by atoms with van der Waals surface area (Å²) in [6.45, 7) is 1.79. The Hall–Kier alpha value is -2.63. The number of hydrogen-bond acceptors (Lipinski definition) is 3. The van der Waals surface area contributed by atoms with Crippen LogP contribution in [-0.2, 0) is 4.79 Å². The average Bonchev–Trinajstić information content (AvgIpc) is 2.76. The standard InChI is InChI=1S/C14H13N3O3/c1-2-10(14(19)20)17-11-6-4-3-5-8(11)9-7-15-16-13(18)12(9)17/h3-7,10H,2H2,1H3,(H,16,18)(H,19,20)/t10-/m0/s1. The van der Waals surface area contributed by atoms with Crippen molar-refractivity contribution in [2.24, 2.45) is 0 Å². The first-order chi connectivity index (χ1) is 9.65. The second-order valence-electron chi connectivity index (χ2n) is 4.61. The fourth-order valence-corrected chi connectivity index (χ4v) is 2.65. The summed E-state index contributed by atoms with van der Waals surface area (Å²) in [6.07, 6.45) is 1.95. The maximum Gasteiger partial charge on any atom is 0.326 e. The summed E-state index contributed by atoms with van der Waals surface area (Å²) in [6, 6.07) is 6.59. The normalized spacial score (nSPS) is 12.8. The number of carboxylic acid groups (broad SMARTS) is 1. The number of hydrogen-bond donors (Lipinski definition) is 2. The minimum Gasteiger partial charge on any atom is -0.480 e. The Balaban J connectivity index is 2.55. The molecule has 0 aliphatic rings. The quantitative estimate of drug-likeness (QED) is 0.761. The molecule has 1 atom stereocenters. The number of rotatable bonds is 3. The lowest BCUT2D eigenvalue weighted by atomic mass is 10.2. The van der Waals surface area contributed by atoms with Gasteiger partial charge in [0.05, 0.1) is 11.7 Å². The molecule has 0 saturated carbocycles. The Labute approximate surface area is 113 Å². The third-order valence-electron chi connectivity index (χ3n) is 3.51. The van der Waals surface area contributed by atoms with Gasteiger partial charge in [-0.25, -0.2) is 9.89 Å². The summed E-state index contributed by atoms with van der Waals surface area (Å²) < 4.78 is 1.59. The van der Waals surface area contributed by atoms with Crippen molar-refractivity contribution in [3.63, 3.8) is 0 Å². The molecule has 102 valence electrons. The van der Waals surface area contributed by atoms with E-state index in [2.05, 4.69) is 10.2 Å². The monoisotopic (exact) mass is 271 g/mol. The summed E-state index contributed by atoms with van der Waals surface area (Å²) in [4.78, 5) is 23.6. The lowest BCUT2D eigenvalue weighted by molar-refractivity contribution is -0.140. The fraction of sp³-hybridized carbons (Fsp3) is 0.214. The van der Waals surface area contributed by atoms with Crippen LogP contribution in [0, 0.1) is 0 Å². The SMILES string of the molecule is CC[C@@H](C(=O)O)n1c2ccccc2c2cn[nH]c(=O)c21. The van der Waals surface area contributed by atoms with Gasteiger partial charge in [-0.15, -0.1) is 0 Å². The first kappa shape index (κ1) is 12.4. The molecule has 3 aromatic rings. The maximum atomic E-state index is 12.1. The van der Waals surface area contributed by atoms with Crippen LogP contribution in [0.5, 0.6) is 0 Å². The van der Waals surface area contributed by atoms with Gasteiger partial charge in [0.2, 0.25) is 0 Å². The molecule has 6 heteroatoms. The van der Waals surface area contributed by atoms with Crippen LogP contribution >= 0.6 is 0 Å². The summed E-state index contributed by atoms with van der Waals surface area (Å²) >= 11 is 0. The van der Waals surface area contributed by atoms with E-state index in [1.807, 2.05) is 24.3 Å². The number of nitrogens with one attached hydrogen (secondary N) is 1. The molecule has 2 heterocycles. The molecule has 0 aliphatic carbocycles. The van der Waals surface area contributed by atoms with E-state index < -0.39 is 12.0 Å². The van der Waals surface area contributed by atoms with Crippen molar-refractivity contribution in [2.75, 3.05) is 0 Å². The van der Waals surface area contributed by atoms with E-state index in [0.717, 1.165) is 10.9 Å².